The molecule has 0 aliphatic rings. The Morgan fingerprint density at radius 3 is 1.88 bits per heavy atom. The average molecular weight is 148 g/mol. The highest BCUT2D eigenvalue weighted by Crippen LogP contribution is 2.19. The fourth-order valence-corrected chi connectivity index (χ4v) is 2.78. The van der Waals surface area contributed by atoms with E-state index in [1.165, 1.54) is 0 Å². The predicted molar refractivity (Wildman–Crippen MR) is 39.7 cm³/mol. The van der Waals surface area contributed by atoms with E-state index in [4.69, 9.17) is 0 Å². The van der Waals surface area contributed by atoms with E-state index in [1.807, 2.05) is 0 Å². The van der Waals surface area contributed by atoms with E-state index in [-0.39, 0.29) is 5.41 Å². The minimum absolute atomic E-state index is 0.178. The van der Waals surface area contributed by atoms with Gasteiger partial charge in [0.2, 0.25) is 0 Å². The van der Waals surface area contributed by atoms with Crippen LogP contribution in [0.2, 0.25) is 6.04 Å². The van der Waals surface area contributed by atoms with Gasteiger partial charge in [0, 0.05) is 6.04 Å². The molecule has 0 aromatic rings. The van der Waals surface area contributed by atoms with E-state index in [0.717, 1.165) is 6.04 Å². The molecule has 0 fully saturated rings. The van der Waals surface area contributed by atoms with E-state index < -0.39 is 7.83 Å². The highest BCUT2D eigenvalue weighted by molar-refractivity contribution is 8.08. The summed E-state index contributed by atoms with van der Waals surface area (Å²) in [6, 6.07) is 0.737. The summed E-state index contributed by atoms with van der Waals surface area (Å²) in [6.45, 7) is 6.18. The number of thiol groups is 1. The molecule has 0 atom stereocenters. The molecule has 0 aliphatic carbocycles. The van der Waals surface area contributed by atoms with Crippen molar-refractivity contribution in [1.82, 2.24) is 0 Å². The first kappa shape index (κ1) is 8.37. The van der Waals surface area contributed by atoms with Crippen LogP contribution in [0.4, 0.5) is 0 Å². The SMILES string of the molecule is CC(C)(C)C[Si](=O)S. The maximum absolute atomic E-state index is 10.5. The molecule has 0 N–H and O–H groups in total. The van der Waals surface area contributed by atoms with Gasteiger partial charge in [-0.15, -0.1) is 12.1 Å². The third-order valence-electron chi connectivity index (χ3n) is 0.682. The largest absolute Gasteiger partial charge is 0.375 e. The van der Waals surface area contributed by atoms with Gasteiger partial charge in [-0.2, -0.15) is 0 Å². The Hall–Kier alpha value is 0.367. The molecule has 0 amide bonds. The Bertz CT molecular complexity index is 95.1. The van der Waals surface area contributed by atoms with Gasteiger partial charge in [0.25, 0.3) is 0 Å². The maximum atomic E-state index is 10.5. The van der Waals surface area contributed by atoms with Gasteiger partial charge in [0.05, 0.1) is 0 Å². The molecule has 0 heterocycles. The molecule has 0 rings (SSSR count). The standard InChI is InChI=1S/C5H12OSSi/c1-5(2,3)4-8(6)7/h7H,4H2,1-3H3. The lowest BCUT2D eigenvalue weighted by molar-refractivity contribution is 0.452. The lowest BCUT2D eigenvalue weighted by Gasteiger charge is -2.13. The van der Waals surface area contributed by atoms with Crippen molar-refractivity contribution in [2.45, 2.75) is 26.8 Å². The van der Waals surface area contributed by atoms with Crippen molar-refractivity contribution in [3.05, 3.63) is 0 Å². The summed E-state index contributed by atoms with van der Waals surface area (Å²) in [5.41, 5.74) is 0.178. The molecule has 48 valence electrons. The van der Waals surface area contributed by atoms with Gasteiger partial charge in [-0.1, -0.05) is 20.8 Å². The maximum Gasteiger partial charge on any atom is 0.343 e. The molecule has 0 unspecified atom stereocenters. The first-order chi connectivity index (χ1) is 3.42. The van der Waals surface area contributed by atoms with Gasteiger partial charge in [0.15, 0.2) is 0 Å². The fourth-order valence-electron chi connectivity index (χ4n) is 0.454. The van der Waals surface area contributed by atoms with Crippen LogP contribution in [-0.2, 0) is 4.46 Å². The molecule has 0 saturated heterocycles. The minimum atomic E-state index is -1.55. The van der Waals surface area contributed by atoms with Crippen LogP contribution in [0.1, 0.15) is 20.8 Å². The zero-order valence-corrected chi connectivity index (χ0v) is 7.46. The highest BCUT2D eigenvalue weighted by Gasteiger charge is 2.14. The lowest BCUT2D eigenvalue weighted by Crippen LogP contribution is -2.08. The van der Waals surface area contributed by atoms with Crippen molar-refractivity contribution in [3.63, 3.8) is 0 Å². The Balaban J connectivity index is 3.55. The first-order valence-corrected chi connectivity index (χ1v) is 5.54. The summed E-state index contributed by atoms with van der Waals surface area (Å²) in [5.74, 6) is 0. The smallest absolute Gasteiger partial charge is 0.343 e. The number of rotatable bonds is 1. The summed E-state index contributed by atoms with van der Waals surface area (Å²) in [5, 5.41) is 0. The molecular weight excluding hydrogens is 136 g/mol. The molecule has 0 saturated carbocycles. The van der Waals surface area contributed by atoms with Crippen LogP contribution in [0.15, 0.2) is 0 Å². The van der Waals surface area contributed by atoms with Gasteiger partial charge in [-0.3, -0.25) is 0 Å². The highest BCUT2D eigenvalue weighted by atomic mass is 32.3. The minimum Gasteiger partial charge on any atom is -0.375 e. The van der Waals surface area contributed by atoms with E-state index in [2.05, 4.69) is 32.8 Å². The van der Waals surface area contributed by atoms with E-state index in [1.54, 1.807) is 0 Å². The first-order valence-electron chi connectivity index (χ1n) is 2.63. The van der Waals surface area contributed by atoms with Crippen LogP contribution in [0.5, 0.6) is 0 Å². The van der Waals surface area contributed by atoms with Crippen molar-refractivity contribution in [2.24, 2.45) is 5.41 Å². The summed E-state index contributed by atoms with van der Waals surface area (Å²) in [7, 11) is -1.55. The van der Waals surface area contributed by atoms with Crippen molar-refractivity contribution >= 4 is 19.9 Å². The van der Waals surface area contributed by atoms with Crippen LogP contribution in [-0.4, -0.2) is 7.83 Å². The van der Waals surface area contributed by atoms with Crippen molar-refractivity contribution in [3.8, 4) is 0 Å². The number of hydrogen-bond donors (Lipinski definition) is 1. The topological polar surface area (TPSA) is 17.1 Å². The third-order valence-corrected chi connectivity index (χ3v) is 2.52. The second-order valence-corrected chi connectivity index (χ2v) is 5.77. The monoisotopic (exact) mass is 148 g/mol. The summed E-state index contributed by atoms with van der Waals surface area (Å²) in [6.07, 6.45) is 0. The van der Waals surface area contributed by atoms with Crippen LogP contribution >= 0.6 is 12.1 Å². The van der Waals surface area contributed by atoms with Gasteiger partial charge in [0.1, 0.15) is 0 Å². The van der Waals surface area contributed by atoms with Gasteiger partial charge in [-0.05, 0) is 5.41 Å². The van der Waals surface area contributed by atoms with Crippen LogP contribution in [0, 0.1) is 5.41 Å². The lowest BCUT2D eigenvalue weighted by atomic mass is 10.0. The van der Waals surface area contributed by atoms with Gasteiger partial charge in [-0.25, -0.2) is 0 Å². The fraction of sp³-hybridized carbons (Fsp3) is 1.00. The van der Waals surface area contributed by atoms with Crippen LogP contribution < -0.4 is 0 Å². The molecular formula is C5H12OSSi. The molecule has 0 aromatic carbocycles. The van der Waals surface area contributed by atoms with Crippen molar-refractivity contribution in [1.29, 1.82) is 0 Å². The van der Waals surface area contributed by atoms with E-state index in [9.17, 15) is 4.46 Å². The molecule has 0 bridgehead atoms. The van der Waals surface area contributed by atoms with Crippen molar-refractivity contribution in [2.75, 3.05) is 0 Å². The molecule has 8 heavy (non-hydrogen) atoms. The Kier molecular flexibility index (Phi) is 2.91. The molecule has 3 heteroatoms. The van der Waals surface area contributed by atoms with E-state index in [0.29, 0.717) is 0 Å². The van der Waals surface area contributed by atoms with E-state index >= 15 is 0 Å². The normalized spacial score (nSPS) is 11.5. The van der Waals surface area contributed by atoms with Gasteiger partial charge >= 0.3 is 7.83 Å². The summed E-state index contributed by atoms with van der Waals surface area (Å²) < 4.78 is 10.5. The number of hydrogen-bond acceptors (Lipinski definition) is 1. The molecule has 0 spiro atoms. The predicted octanol–water partition coefficient (Wildman–Crippen LogP) is 1.88. The molecule has 0 radical (unpaired) electrons. The Morgan fingerprint density at radius 2 is 1.88 bits per heavy atom. The molecule has 0 aliphatic heterocycles. The average Bonchev–Trinajstić information content (AvgIpc) is 1.21. The summed E-state index contributed by atoms with van der Waals surface area (Å²) >= 11 is 3.84. The second kappa shape index (κ2) is 2.78. The third kappa shape index (κ3) is 6.37. The zero-order valence-electron chi connectivity index (χ0n) is 5.56. The second-order valence-electron chi connectivity index (χ2n) is 3.13. The molecule has 1 nitrogen and oxygen atoms in total. The zero-order chi connectivity index (χ0) is 6.78. The van der Waals surface area contributed by atoms with Crippen LogP contribution in [0.3, 0.4) is 0 Å². The van der Waals surface area contributed by atoms with Crippen molar-refractivity contribution < 1.29 is 4.46 Å². The molecule has 0 aromatic heterocycles. The van der Waals surface area contributed by atoms with Crippen LogP contribution in [0.25, 0.3) is 0 Å². The quantitative estimate of drug-likeness (QED) is 0.444. The van der Waals surface area contributed by atoms with Gasteiger partial charge < -0.3 is 4.46 Å². The Morgan fingerprint density at radius 1 is 1.50 bits per heavy atom. The Labute approximate surface area is 57.2 Å². The summed E-state index contributed by atoms with van der Waals surface area (Å²) in [4.78, 5) is 0.